The molecule has 0 fully saturated rings. The number of hydrogen-bond acceptors (Lipinski definition) is 2. The zero-order chi connectivity index (χ0) is 16.0. The van der Waals surface area contributed by atoms with Crippen LogP contribution in [0.5, 0.6) is 0 Å². The molecule has 3 aromatic rings. The highest BCUT2D eigenvalue weighted by Crippen LogP contribution is 2.35. The largest absolute Gasteiger partial charge is 0.369 e. The van der Waals surface area contributed by atoms with Crippen molar-refractivity contribution in [3.63, 3.8) is 0 Å². The van der Waals surface area contributed by atoms with Gasteiger partial charge >= 0.3 is 0 Å². The molecule has 3 nitrogen and oxygen atoms in total. The van der Waals surface area contributed by atoms with Gasteiger partial charge in [-0.25, -0.2) is 4.68 Å². The lowest BCUT2D eigenvalue weighted by molar-refractivity contribution is 0.875. The number of para-hydroxylation sites is 1. The first-order valence-corrected chi connectivity index (χ1v) is 8.14. The minimum Gasteiger partial charge on any atom is -0.369 e. The molecule has 0 saturated carbocycles. The summed E-state index contributed by atoms with van der Waals surface area (Å²) < 4.78 is 2.07. The fourth-order valence-corrected chi connectivity index (χ4v) is 3.49. The number of aryl methyl sites for hydroxylation is 3. The van der Waals surface area contributed by atoms with Gasteiger partial charge in [-0.05, 0) is 51.0 Å². The Hall–Kier alpha value is -2.55. The lowest BCUT2D eigenvalue weighted by Crippen LogP contribution is -2.05. The fraction of sp³-hybridized carbons (Fsp3) is 0.250. The van der Waals surface area contributed by atoms with Gasteiger partial charge in [-0.15, -0.1) is 0 Å². The number of anilines is 1. The molecular formula is C20H21N3. The molecule has 1 aliphatic rings. The van der Waals surface area contributed by atoms with Crippen molar-refractivity contribution in [2.24, 2.45) is 0 Å². The molecule has 0 atom stereocenters. The van der Waals surface area contributed by atoms with Crippen molar-refractivity contribution in [3.8, 4) is 16.9 Å². The number of fused-ring (bicyclic) bond motifs is 1. The van der Waals surface area contributed by atoms with Crippen molar-refractivity contribution in [1.82, 2.24) is 9.78 Å². The van der Waals surface area contributed by atoms with E-state index in [2.05, 4.69) is 73.2 Å². The highest BCUT2D eigenvalue weighted by molar-refractivity contribution is 5.73. The van der Waals surface area contributed by atoms with Crippen LogP contribution < -0.4 is 5.32 Å². The summed E-state index contributed by atoms with van der Waals surface area (Å²) in [6, 6.07) is 15.1. The van der Waals surface area contributed by atoms with Crippen LogP contribution in [0.1, 0.15) is 22.3 Å². The van der Waals surface area contributed by atoms with E-state index in [1.54, 1.807) is 0 Å². The molecule has 4 rings (SSSR count). The van der Waals surface area contributed by atoms with Crippen LogP contribution in [0.3, 0.4) is 0 Å². The first-order valence-electron chi connectivity index (χ1n) is 8.14. The molecule has 0 saturated heterocycles. The third-order valence-corrected chi connectivity index (χ3v) is 4.49. The summed E-state index contributed by atoms with van der Waals surface area (Å²) in [7, 11) is 0. The molecule has 0 bridgehead atoms. The van der Waals surface area contributed by atoms with Gasteiger partial charge in [0, 0.05) is 17.7 Å². The van der Waals surface area contributed by atoms with Gasteiger partial charge in [-0.1, -0.05) is 35.4 Å². The molecule has 0 radical (unpaired) electrons. The Balaban J connectivity index is 1.93. The lowest BCUT2D eigenvalue weighted by atomic mass is 10.0. The van der Waals surface area contributed by atoms with Gasteiger partial charge in [0.1, 0.15) is 5.82 Å². The predicted molar refractivity (Wildman–Crippen MR) is 95.4 cm³/mol. The van der Waals surface area contributed by atoms with E-state index in [4.69, 9.17) is 5.10 Å². The van der Waals surface area contributed by atoms with Gasteiger partial charge in [0.25, 0.3) is 0 Å². The predicted octanol–water partition coefficient (Wildman–Crippen LogP) is 4.43. The number of hydrogen-bond donors (Lipinski definition) is 1. The van der Waals surface area contributed by atoms with Crippen molar-refractivity contribution in [1.29, 1.82) is 0 Å². The maximum atomic E-state index is 4.97. The monoisotopic (exact) mass is 303 g/mol. The van der Waals surface area contributed by atoms with Crippen LogP contribution in [-0.4, -0.2) is 16.3 Å². The zero-order valence-electron chi connectivity index (χ0n) is 13.9. The second-order valence-corrected chi connectivity index (χ2v) is 6.43. The minimum atomic E-state index is 0.983. The molecule has 2 heterocycles. The number of nitrogens with one attached hydrogen (secondary N) is 1. The van der Waals surface area contributed by atoms with Gasteiger partial charge in [0.15, 0.2) is 0 Å². The second-order valence-electron chi connectivity index (χ2n) is 6.43. The van der Waals surface area contributed by atoms with E-state index in [0.29, 0.717) is 0 Å². The van der Waals surface area contributed by atoms with E-state index in [1.165, 1.54) is 27.8 Å². The highest BCUT2D eigenvalue weighted by Gasteiger charge is 2.24. The first kappa shape index (κ1) is 14.1. The van der Waals surface area contributed by atoms with Crippen molar-refractivity contribution in [2.45, 2.75) is 27.2 Å². The van der Waals surface area contributed by atoms with E-state index in [1.807, 2.05) is 0 Å². The SMILES string of the molecule is Cc1cc(C)cc(-c2nn(-c3ccccc3C)c3c2CCN3)c1. The van der Waals surface area contributed by atoms with Crippen LogP contribution >= 0.6 is 0 Å². The summed E-state index contributed by atoms with van der Waals surface area (Å²) in [6.45, 7) is 7.41. The standard InChI is InChI=1S/C20H21N3/c1-13-10-14(2)12-16(11-13)19-17-8-9-21-20(17)23(22-19)18-7-5-4-6-15(18)3/h4-7,10-12,21H,8-9H2,1-3H3. The van der Waals surface area contributed by atoms with Crippen molar-refractivity contribution in [2.75, 3.05) is 11.9 Å². The summed E-state index contributed by atoms with van der Waals surface area (Å²) in [5.41, 5.74) is 8.61. The average molecular weight is 303 g/mol. The number of aromatic nitrogens is 2. The van der Waals surface area contributed by atoms with Gasteiger partial charge < -0.3 is 5.32 Å². The Morgan fingerprint density at radius 2 is 1.74 bits per heavy atom. The summed E-state index contributed by atoms with van der Waals surface area (Å²) in [4.78, 5) is 0. The van der Waals surface area contributed by atoms with Crippen LogP contribution in [-0.2, 0) is 6.42 Å². The summed E-state index contributed by atoms with van der Waals surface area (Å²) in [5, 5.41) is 8.48. The highest BCUT2D eigenvalue weighted by atomic mass is 15.3. The first-order chi connectivity index (χ1) is 11.1. The molecule has 0 aliphatic carbocycles. The molecule has 0 spiro atoms. The summed E-state index contributed by atoms with van der Waals surface area (Å²) in [5.74, 6) is 1.15. The average Bonchev–Trinajstić information content (AvgIpc) is 3.09. The molecule has 1 aliphatic heterocycles. The minimum absolute atomic E-state index is 0.983. The molecule has 3 heteroatoms. The van der Waals surface area contributed by atoms with E-state index in [9.17, 15) is 0 Å². The molecule has 2 aromatic carbocycles. The van der Waals surface area contributed by atoms with E-state index >= 15 is 0 Å². The normalized spacial score (nSPS) is 13.0. The Labute approximate surface area is 137 Å². The van der Waals surface area contributed by atoms with Crippen LogP contribution in [0.15, 0.2) is 42.5 Å². The maximum Gasteiger partial charge on any atom is 0.133 e. The van der Waals surface area contributed by atoms with E-state index < -0.39 is 0 Å². The quantitative estimate of drug-likeness (QED) is 0.759. The van der Waals surface area contributed by atoms with Gasteiger partial charge in [0.2, 0.25) is 0 Å². The van der Waals surface area contributed by atoms with Gasteiger partial charge in [0.05, 0.1) is 11.4 Å². The third kappa shape index (κ3) is 2.33. The molecular weight excluding hydrogens is 282 g/mol. The van der Waals surface area contributed by atoms with Gasteiger partial charge in [-0.3, -0.25) is 0 Å². The lowest BCUT2D eigenvalue weighted by Gasteiger charge is -2.09. The Morgan fingerprint density at radius 1 is 1.00 bits per heavy atom. The second kappa shape index (κ2) is 5.27. The molecule has 1 N–H and O–H groups in total. The van der Waals surface area contributed by atoms with E-state index in [-0.39, 0.29) is 0 Å². The zero-order valence-corrected chi connectivity index (χ0v) is 13.9. The van der Waals surface area contributed by atoms with Crippen LogP contribution in [0, 0.1) is 20.8 Å². The van der Waals surface area contributed by atoms with Crippen LogP contribution in [0.25, 0.3) is 16.9 Å². The smallest absolute Gasteiger partial charge is 0.133 e. The molecule has 116 valence electrons. The van der Waals surface area contributed by atoms with Gasteiger partial charge in [-0.2, -0.15) is 5.10 Å². The van der Waals surface area contributed by atoms with Crippen LogP contribution in [0.2, 0.25) is 0 Å². The number of benzene rings is 2. The Morgan fingerprint density at radius 3 is 2.48 bits per heavy atom. The summed E-state index contributed by atoms with van der Waals surface area (Å²) >= 11 is 0. The fourth-order valence-electron chi connectivity index (χ4n) is 3.49. The van der Waals surface area contributed by atoms with E-state index in [0.717, 1.165) is 30.2 Å². The summed E-state index contributed by atoms with van der Waals surface area (Å²) in [6.07, 6.45) is 1.03. The van der Waals surface area contributed by atoms with Crippen molar-refractivity contribution >= 4 is 5.82 Å². The van der Waals surface area contributed by atoms with Crippen molar-refractivity contribution in [3.05, 3.63) is 64.7 Å². The van der Waals surface area contributed by atoms with Crippen molar-refractivity contribution < 1.29 is 0 Å². The Kier molecular flexibility index (Phi) is 3.22. The molecule has 23 heavy (non-hydrogen) atoms. The van der Waals surface area contributed by atoms with Crippen LogP contribution in [0.4, 0.5) is 5.82 Å². The topological polar surface area (TPSA) is 29.9 Å². The number of nitrogens with zero attached hydrogens (tertiary/aromatic N) is 2. The Bertz CT molecular complexity index is 870. The molecule has 0 amide bonds. The molecule has 1 aromatic heterocycles. The molecule has 0 unspecified atom stereocenters. The number of rotatable bonds is 2. The third-order valence-electron chi connectivity index (χ3n) is 4.49. The maximum absolute atomic E-state index is 4.97.